The van der Waals surface area contributed by atoms with Gasteiger partial charge in [0.25, 0.3) is 0 Å². The lowest BCUT2D eigenvalue weighted by Crippen LogP contribution is -2.64. The lowest BCUT2D eigenvalue weighted by atomic mass is 9.97. The van der Waals surface area contributed by atoms with Crippen LogP contribution in [0.2, 0.25) is 0 Å². The lowest BCUT2D eigenvalue weighted by molar-refractivity contribution is -0.131. The quantitative estimate of drug-likeness (QED) is 0.388. The topological polar surface area (TPSA) is 88.4 Å². The van der Waals surface area contributed by atoms with Crippen molar-refractivity contribution in [1.29, 1.82) is 0 Å². The van der Waals surface area contributed by atoms with Crippen molar-refractivity contribution < 1.29 is 14.2 Å². The largest absolute Gasteiger partial charge is 0.495 e. The maximum atomic E-state index is 5.85. The summed E-state index contributed by atoms with van der Waals surface area (Å²) < 4.78 is 19.1. The predicted octanol–water partition coefficient (Wildman–Crippen LogP) is 3.86. The molecule has 0 radical (unpaired) electrons. The second-order valence-corrected chi connectivity index (χ2v) is 10.6. The second-order valence-electron chi connectivity index (χ2n) is 10.6. The number of aromatic nitrogens is 3. The number of hydrogen-bond acceptors (Lipinski definition) is 9. The number of fused-ring (bicyclic) bond motifs is 2. The van der Waals surface area contributed by atoms with Gasteiger partial charge < -0.3 is 34.1 Å². The van der Waals surface area contributed by atoms with E-state index in [1.165, 1.54) is 0 Å². The zero-order chi connectivity index (χ0) is 26.4. The summed E-state index contributed by atoms with van der Waals surface area (Å²) in [6, 6.07) is 12.4. The summed E-state index contributed by atoms with van der Waals surface area (Å²) in [5.74, 6) is 2.38. The molecule has 3 aliphatic heterocycles. The maximum absolute atomic E-state index is 5.85. The van der Waals surface area contributed by atoms with Gasteiger partial charge in [-0.3, -0.25) is 4.90 Å². The van der Waals surface area contributed by atoms with Crippen LogP contribution >= 0.6 is 0 Å². The Kier molecular flexibility index (Phi) is 5.93. The molecule has 2 fully saturated rings. The third-order valence-electron chi connectivity index (χ3n) is 7.98. The third-order valence-corrected chi connectivity index (χ3v) is 7.98. The number of imidazole rings is 1. The van der Waals surface area contributed by atoms with Gasteiger partial charge in [0.2, 0.25) is 0 Å². The molecule has 5 heterocycles. The molecular formula is C29H33N7O3. The van der Waals surface area contributed by atoms with Crippen LogP contribution in [-0.4, -0.2) is 84.5 Å². The van der Waals surface area contributed by atoms with Crippen molar-refractivity contribution in [1.82, 2.24) is 19.3 Å². The molecule has 0 bridgehead atoms. The minimum absolute atomic E-state index is 0.188. The molecule has 4 aromatic rings. The summed E-state index contributed by atoms with van der Waals surface area (Å²) >= 11 is 0. The number of methoxy groups -OCH3 is 1. The van der Waals surface area contributed by atoms with E-state index in [9.17, 15) is 0 Å². The Labute approximate surface area is 227 Å². The monoisotopic (exact) mass is 527 g/mol. The number of anilines is 4. The highest BCUT2D eigenvalue weighted by atomic mass is 16.5. The molecule has 0 aliphatic carbocycles. The Morgan fingerprint density at radius 1 is 1.08 bits per heavy atom. The molecule has 0 amide bonds. The van der Waals surface area contributed by atoms with Crippen molar-refractivity contribution in [3.05, 3.63) is 55.0 Å². The van der Waals surface area contributed by atoms with Crippen LogP contribution in [0.1, 0.15) is 6.92 Å². The molecule has 3 aliphatic rings. The summed E-state index contributed by atoms with van der Waals surface area (Å²) in [4.78, 5) is 14.5. The normalized spacial score (nSPS) is 18.6. The second kappa shape index (κ2) is 9.62. The maximum Gasteiger partial charge on any atom is 0.180 e. The molecule has 0 saturated carbocycles. The van der Waals surface area contributed by atoms with Gasteiger partial charge in [0.15, 0.2) is 11.5 Å². The summed E-state index contributed by atoms with van der Waals surface area (Å²) in [6.45, 7) is 9.36. The molecule has 202 valence electrons. The molecule has 2 aromatic carbocycles. The average Bonchev–Trinajstić information content (AvgIpc) is 3.45. The first kappa shape index (κ1) is 24.1. The van der Waals surface area contributed by atoms with Crippen molar-refractivity contribution >= 4 is 28.5 Å². The van der Waals surface area contributed by atoms with E-state index < -0.39 is 0 Å². The standard InChI is InChI=1S/C29H33N7O3/c1-29(18-38-19-29)36-12-10-34(11-13-36)24-5-4-21(16-26(24)37-2)32-27-28-31-7-9-35(28)17-23(33-27)20-3-6-25-22(15-20)30-8-14-39-25/h3-7,9,15-17,30H,8,10-14,18-19H2,1-2H3,(H,32,33). The van der Waals surface area contributed by atoms with Gasteiger partial charge in [-0.25, -0.2) is 9.97 Å². The van der Waals surface area contributed by atoms with Crippen molar-refractivity contribution in [3.8, 4) is 22.8 Å². The number of benzene rings is 2. The fourth-order valence-corrected chi connectivity index (χ4v) is 5.68. The zero-order valence-electron chi connectivity index (χ0n) is 22.3. The molecule has 7 rings (SSSR count). The van der Waals surface area contributed by atoms with Crippen LogP contribution in [0.15, 0.2) is 55.0 Å². The number of nitrogens with zero attached hydrogens (tertiary/aromatic N) is 5. The van der Waals surface area contributed by atoms with Crippen molar-refractivity contribution in [2.45, 2.75) is 12.5 Å². The first-order valence-electron chi connectivity index (χ1n) is 13.5. The van der Waals surface area contributed by atoms with Crippen LogP contribution in [0.5, 0.6) is 11.5 Å². The minimum atomic E-state index is 0.188. The van der Waals surface area contributed by atoms with Crippen LogP contribution in [0, 0.1) is 0 Å². The van der Waals surface area contributed by atoms with Gasteiger partial charge in [0.05, 0.1) is 42.9 Å². The van der Waals surface area contributed by atoms with Crippen LogP contribution < -0.4 is 25.0 Å². The first-order chi connectivity index (χ1) is 19.1. The average molecular weight is 528 g/mol. The van der Waals surface area contributed by atoms with E-state index in [2.05, 4.69) is 50.5 Å². The Morgan fingerprint density at radius 2 is 1.95 bits per heavy atom. The van der Waals surface area contributed by atoms with Crippen molar-refractivity contribution in [3.63, 3.8) is 0 Å². The smallest absolute Gasteiger partial charge is 0.180 e. The van der Waals surface area contributed by atoms with Gasteiger partial charge in [0, 0.05) is 68.6 Å². The van der Waals surface area contributed by atoms with Gasteiger partial charge in [-0.2, -0.15) is 0 Å². The highest BCUT2D eigenvalue weighted by Crippen LogP contribution is 2.36. The van der Waals surface area contributed by atoms with Crippen LogP contribution in [-0.2, 0) is 4.74 Å². The molecule has 0 atom stereocenters. The van der Waals surface area contributed by atoms with Gasteiger partial charge in [-0.1, -0.05) is 0 Å². The predicted molar refractivity (Wildman–Crippen MR) is 152 cm³/mol. The fourth-order valence-electron chi connectivity index (χ4n) is 5.68. The first-order valence-corrected chi connectivity index (χ1v) is 13.5. The van der Waals surface area contributed by atoms with E-state index in [4.69, 9.17) is 19.2 Å². The van der Waals surface area contributed by atoms with Gasteiger partial charge >= 0.3 is 0 Å². The van der Waals surface area contributed by atoms with E-state index in [1.807, 2.05) is 35.0 Å². The fraction of sp³-hybridized carbons (Fsp3) is 0.379. The SMILES string of the molecule is COc1cc(Nc2nc(-c3ccc4c(c3)NCCO4)cn3ccnc23)ccc1N1CCN(C2(C)COC2)CC1. The summed E-state index contributed by atoms with van der Waals surface area (Å²) in [5.41, 5.74) is 5.76. The highest BCUT2D eigenvalue weighted by Gasteiger charge is 2.40. The van der Waals surface area contributed by atoms with Crippen LogP contribution in [0.3, 0.4) is 0 Å². The minimum Gasteiger partial charge on any atom is -0.495 e. The zero-order valence-corrected chi connectivity index (χ0v) is 22.3. The number of rotatable bonds is 6. The molecule has 10 nitrogen and oxygen atoms in total. The summed E-state index contributed by atoms with van der Waals surface area (Å²) in [6.07, 6.45) is 5.72. The molecule has 0 unspecified atom stereocenters. The number of piperazine rings is 1. The summed E-state index contributed by atoms with van der Waals surface area (Å²) in [7, 11) is 1.73. The molecular weight excluding hydrogens is 494 g/mol. The lowest BCUT2D eigenvalue weighted by Gasteiger charge is -2.50. The molecule has 2 N–H and O–H groups in total. The summed E-state index contributed by atoms with van der Waals surface area (Å²) in [5, 5.41) is 6.90. The molecule has 10 heteroatoms. The van der Waals surface area contributed by atoms with E-state index in [1.54, 1.807) is 13.3 Å². The van der Waals surface area contributed by atoms with E-state index in [0.29, 0.717) is 12.4 Å². The number of ether oxygens (including phenoxy) is 3. The Hall–Kier alpha value is -4.02. The van der Waals surface area contributed by atoms with E-state index in [-0.39, 0.29) is 5.54 Å². The number of nitrogens with one attached hydrogen (secondary N) is 2. The van der Waals surface area contributed by atoms with Crippen molar-refractivity contribution in [2.75, 3.05) is 75.2 Å². The Morgan fingerprint density at radius 3 is 2.74 bits per heavy atom. The molecule has 2 saturated heterocycles. The van der Waals surface area contributed by atoms with E-state index in [0.717, 1.165) is 91.4 Å². The third kappa shape index (κ3) is 4.39. The highest BCUT2D eigenvalue weighted by molar-refractivity contribution is 5.77. The molecule has 39 heavy (non-hydrogen) atoms. The number of hydrogen-bond donors (Lipinski definition) is 2. The van der Waals surface area contributed by atoms with Crippen molar-refractivity contribution in [2.24, 2.45) is 0 Å². The van der Waals surface area contributed by atoms with Crippen LogP contribution in [0.25, 0.3) is 16.9 Å². The Balaban J connectivity index is 1.14. The molecule has 2 aromatic heterocycles. The van der Waals surface area contributed by atoms with Gasteiger partial charge in [-0.15, -0.1) is 0 Å². The molecule has 0 spiro atoms. The Bertz CT molecular complexity index is 1510. The van der Waals surface area contributed by atoms with Crippen LogP contribution in [0.4, 0.5) is 22.9 Å². The van der Waals surface area contributed by atoms with Gasteiger partial charge in [0.1, 0.15) is 18.1 Å². The van der Waals surface area contributed by atoms with E-state index >= 15 is 0 Å². The van der Waals surface area contributed by atoms with Gasteiger partial charge in [-0.05, 0) is 37.3 Å².